The third-order valence-corrected chi connectivity index (χ3v) is 8.85. The van der Waals surface area contributed by atoms with Crippen molar-refractivity contribution in [3.63, 3.8) is 0 Å². The minimum Gasteiger partial charge on any atom is -0.420 e. The molecule has 19 heteroatoms. The largest absolute Gasteiger partial charge is 0.420 e. The lowest BCUT2D eigenvalue weighted by molar-refractivity contribution is -0.136. The molecule has 0 unspecified atom stereocenters. The number of carbonyl (C=O) groups is 3. The first-order valence-electron chi connectivity index (χ1n) is 16.3. The van der Waals surface area contributed by atoms with E-state index in [2.05, 4.69) is 20.7 Å². The molecule has 284 valence electrons. The third kappa shape index (κ3) is 14.8. The average Bonchev–Trinajstić information content (AvgIpc) is 3.66. The molecule has 3 atom stereocenters. The van der Waals surface area contributed by atoms with E-state index in [1.165, 1.54) is 0 Å². The van der Waals surface area contributed by atoms with Gasteiger partial charge < -0.3 is 49.1 Å². The Balaban J connectivity index is 0.992. The molecule has 1 aromatic carbocycles. The number of amides is 3. The quantitative estimate of drug-likeness (QED) is 0.0232. The van der Waals surface area contributed by atoms with E-state index in [-0.39, 0.29) is 50.4 Å². The number of urea groups is 1. The van der Waals surface area contributed by atoms with Crippen LogP contribution in [0, 0.1) is 29.1 Å². The van der Waals surface area contributed by atoms with Gasteiger partial charge in [0, 0.05) is 24.0 Å². The smallest absolute Gasteiger partial charge is 0.315 e. The van der Waals surface area contributed by atoms with Crippen molar-refractivity contribution in [1.29, 1.82) is 0 Å². The highest BCUT2D eigenvalue weighted by molar-refractivity contribution is 8.00. The van der Waals surface area contributed by atoms with Gasteiger partial charge in [-0.1, -0.05) is 6.42 Å². The number of halogens is 5. The molecule has 2 heterocycles. The first kappa shape index (κ1) is 41.6. The number of carbonyl (C=O) groups excluding carboxylic acids is 3. The van der Waals surface area contributed by atoms with Crippen LogP contribution in [0.25, 0.3) is 0 Å². The molecular formula is C31H44F5N3O10S. The normalized spacial score (nSPS) is 18.2. The summed E-state index contributed by atoms with van der Waals surface area (Å²) >= 11 is 1.87. The average molecular weight is 746 g/mol. The number of esters is 1. The Kier molecular flexibility index (Phi) is 19.7. The Hall–Kier alpha value is -2.81. The van der Waals surface area contributed by atoms with Crippen molar-refractivity contribution in [1.82, 2.24) is 16.0 Å². The van der Waals surface area contributed by atoms with Crippen LogP contribution in [0.3, 0.4) is 0 Å². The maximum absolute atomic E-state index is 13.5. The van der Waals surface area contributed by atoms with Crippen molar-refractivity contribution in [2.24, 2.45) is 0 Å². The van der Waals surface area contributed by atoms with Crippen LogP contribution in [-0.4, -0.2) is 127 Å². The number of hydrogen-bond donors (Lipinski definition) is 3. The summed E-state index contributed by atoms with van der Waals surface area (Å²) in [6, 6.07) is 0.328. The zero-order valence-electron chi connectivity index (χ0n) is 27.5. The molecule has 3 N–H and O–H groups in total. The molecule has 2 saturated heterocycles. The van der Waals surface area contributed by atoms with Crippen LogP contribution < -0.4 is 20.7 Å². The van der Waals surface area contributed by atoms with Crippen LogP contribution in [0.5, 0.6) is 5.75 Å². The van der Waals surface area contributed by atoms with Gasteiger partial charge in [0.25, 0.3) is 0 Å². The van der Waals surface area contributed by atoms with Gasteiger partial charge in [0.2, 0.25) is 40.7 Å². The summed E-state index contributed by atoms with van der Waals surface area (Å²) in [7, 11) is 0. The topological polar surface area (TPSA) is 152 Å². The van der Waals surface area contributed by atoms with Crippen molar-refractivity contribution in [3.8, 4) is 5.75 Å². The Labute approximate surface area is 290 Å². The summed E-state index contributed by atoms with van der Waals surface area (Å²) in [6.45, 7) is 3.67. The fraction of sp³-hybridized carbons (Fsp3) is 0.710. The fourth-order valence-corrected chi connectivity index (χ4v) is 6.37. The maximum Gasteiger partial charge on any atom is 0.315 e. The van der Waals surface area contributed by atoms with Gasteiger partial charge in [-0.3, -0.25) is 9.59 Å². The summed E-state index contributed by atoms with van der Waals surface area (Å²) in [5, 5.41) is 9.16. The highest BCUT2D eigenvalue weighted by Crippen LogP contribution is 2.33. The van der Waals surface area contributed by atoms with Crippen LogP contribution in [0.1, 0.15) is 32.1 Å². The second-order valence-corrected chi connectivity index (χ2v) is 12.3. The molecule has 3 amide bonds. The van der Waals surface area contributed by atoms with Crippen molar-refractivity contribution < 1.29 is 69.5 Å². The second-order valence-electron chi connectivity index (χ2n) is 11.0. The molecular weight excluding hydrogens is 701 g/mol. The van der Waals surface area contributed by atoms with E-state index in [9.17, 15) is 36.3 Å². The van der Waals surface area contributed by atoms with E-state index in [1.54, 1.807) is 0 Å². The Morgan fingerprint density at radius 3 is 1.72 bits per heavy atom. The number of fused-ring (bicyclic) bond motifs is 1. The van der Waals surface area contributed by atoms with Crippen LogP contribution in [0.4, 0.5) is 26.7 Å². The summed E-state index contributed by atoms with van der Waals surface area (Å²) in [5.74, 6) is -13.2. The molecule has 2 aliphatic rings. The van der Waals surface area contributed by atoms with Gasteiger partial charge in [-0.2, -0.15) is 20.5 Å². The number of ether oxygens (including phenoxy) is 7. The van der Waals surface area contributed by atoms with E-state index in [4.69, 9.17) is 28.4 Å². The van der Waals surface area contributed by atoms with Crippen molar-refractivity contribution in [2.45, 2.75) is 49.4 Å². The van der Waals surface area contributed by atoms with Crippen molar-refractivity contribution in [3.05, 3.63) is 29.1 Å². The molecule has 2 fully saturated rings. The van der Waals surface area contributed by atoms with Gasteiger partial charge in [0.1, 0.15) is 0 Å². The number of hydrogen-bond acceptors (Lipinski definition) is 11. The van der Waals surface area contributed by atoms with E-state index in [1.807, 2.05) is 11.8 Å². The number of nitrogens with one attached hydrogen (secondary N) is 3. The summed E-state index contributed by atoms with van der Waals surface area (Å²) in [4.78, 5) is 35.1. The molecule has 0 saturated carbocycles. The predicted octanol–water partition coefficient (Wildman–Crippen LogP) is 2.62. The highest BCUT2D eigenvalue weighted by atomic mass is 32.2. The predicted molar refractivity (Wildman–Crippen MR) is 168 cm³/mol. The minimum atomic E-state index is -2.35. The number of rotatable bonds is 27. The lowest BCUT2D eigenvalue weighted by Gasteiger charge is -2.16. The van der Waals surface area contributed by atoms with E-state index < -0.39 is 47.2 Å². The molecule has 0 aliphatic carbocycles. The second kappa shape index (κ2) is 23.6. The number of thioether (sulfide) groups is 1. The monoisotopic (exact) mass is 745 g/mol. The zero-order valence-corrected chi connectivity index (χ0v) is 28.4. The van der Waals surface area contributed by atoms with E-state index in [0.717, 1.165) is 25.0 Å². The molecule has 0 aromatic heterocycles. The van der Waals surface area contributed by atoms with Crippen LogP contribution in [0.2, 0.25) is 0 Å². The summed E-state index contributed by atoms with van der Waals surface area (Å²) in [6.07, 6.45) is 2.70. The van der Waals surface area contributed by atoms with Gasteiger partial charge >= 0.3 is 12.0 Å². The standard InChI is InChI=1S/C31H44F5N3O10S/c32-24-25(33)27(35)30(28(36)26(24)34)49-23(41)5-7-43-9-11-45-13-15-47-17-18-48-16-14-46-12-10-44-8-6-37-22(40)4-2-1-3-21-29-20(19-50-21)38-31(42)39-29/h20-21,29H,1-19H2,(H,37,40)(H2,38,39,42)/t20-,21-,29-/m0/s1. The van der Waals surface area contributed by atoms with Crippen molar-refractivity contribution >= 4 is 29.7 Å². The van der Waals surface area contributed by atoms with Crippen molar-refractivity contribution in [2.75, 3.05) is 91.6 Å². The molecule has 1 aromatic rings. The number of benzene rings is 1. The SMILES string of the molecule is O=C(CCCC[C@@H]1SC[C@@H]2NC(=O)N[C@@H]21)NCCOCCOCCOCCOCCOCCOCCC(=O)Oc1c(F)c(F)c(F)c(F)c1F. The Morgan fingerprint density at radius 2 is 1.16 bits per heavy atom. The van der Waals surface area contributed by atoms with E-state index >= 15 is 0 Å². The lowest BCUT2D eigenvalue weighted by Crippen LogP contribution is -2.36. The fourth-order valence-electron chi connectivity index (χ4n) is 4.82. The number of unbranched alkanes of at least 4 members (excludes halogenated alkanes) is 1. The van der Waals surface area contributed by atoms with Crippen LogP contribution >= 0.6 is 11.8 Å². The maximum atomic E-state index is 13.5. The third-order valence-electron chi connectivity index (χ3n) is 7.35. The van der Waals surface area contributed by atoms with Crippen LogP contribution in [0.15, 0.2) is 0 Å². The zero-order chi connectivity index (χ0) is 36.1. The van der Waals surface area contributed by atoms with Gasteiger partial charge in [-0.15, -0.1) is 0 Å². The van der Waals surface area contributed by atoms with Gasteiger partial charge in [-0.05, 0) is 12.8 Å². The molecule has 13 nitrogen and oxygen atoms in total. The molecule has 0 spiro atoms. The lowest BCUT2D eigenvalue weighted by atomic mass is 10.0. The van der Waals surface area contributed by atoms with Gasteiger partial charge in [0.05, 0.1) is 97.8 Å². The molecule has 50 heavy (non-hydrogen) atoms. The van der Waals surface area contributed by atoms with Gasteiger partial charge in [-0.25, -0.2) is 18.0 Å². The molecule has 2 aliphatic heterocycles. The summed E-state index contributed by atoms with van der Waals surface area (Å²) in [5.41, 5.74) is 0. The molecule has 0 radical (unpaired) electrons. The summed E-state index contributed by atoms with van der Waals surface area (Å²) < 4.78 is 103. The Bertz CT molecular complexity index is 1200. The molecule has 0 bridgehead atoms. The highest BCUT2D eigenvalue weighted by Gasteiger charge is 2.42. The first-order valence-corrected chi connectivity index (χ1v) is 17.4. The molecule has 3 rings (SSSR count). The van der Waals surface area contributed by atoms with Crippen LogP contribution in [-0.2, 0) is 38.0 Å². The van der Waals surface area contributed by atoms with Gasteiger partial charge in [0.15, 0.2) is 0 Å². The minimum absolute atomic E-state index is 0.00111. The first-order chi connectivity index (χ1) is 24.2. The van der Waals surface area contributed by atoms with E-state index in [0.29, 0.717) is 71.1 Å². The Morgan fingerprint density at radius 1 is 0.660 bits per heavy atom.